The van der Waals surface area contributed by atoms with Crippen molar-refractivity contribution in [1.82, 2.24) is 9.80 Å². The van der Waals surface area contributed by atoms with Crippen molar-refractivity contribution in [2.24, 2.45) is 5.92 Å². The molecule has 0 spiro atoms. The normalized spacial score (nSPS) is 21.9. The largest absolute Gasteiger partial charge is 0.465 e. The molecule has 4 nitrogen and oxygen atoms in total. The van der Waals surface area contributed by atoms with Gasteiger partial charge in [-0.3, -0.25) is 0 Å². The van der Waals surface area contributed by atoms with E-state index in [0.29, 0.717) is 12.6 Å². The minimum atomic E-state index is -0.900. The highest BCUT2D eigenvalue weighted by Crippen LogP contribution is 2.39. The summed E-state index contributed by atoms with van der Waals surface area (Å²) >= 11 is 0. The van der Waals surface area contributed by atoms with Crippen molar-refractivity contribution in [2.75, 3.05) is 20.1 Å². The van der Waals surface area contributed by atoms with Crippen molar-refractivity contribution in [3.8, 4) is 0 Å². The number of benzene rings is 1. The molecule has 1 amide bonds. The fraction of sp³-hybridized carbons (Fsp3) is 0.588. The molecule has 1 aromatic rings. The van der Waals surface area contributed by atoms with Crippen molar-refractivity contribution in [1.29, 1.82) is 0 Å². The van der Waals surface area contributed by atoms with Gasteiger partial charge in [0, 0.05) is 19.1 Å². The fourth-order valence-corrected chi connectivity index (χ4v) is 3.24. The predicted octanol–water partition coefficient (Wildman–Crippen LogP) is 3.52. The Morgan fingerprint density at radius 3 is 2.73 bits per heavy atom. The maximum Gasteiger partial charge on any atom is 0.407 e. The molecule has 1 N–H and O–H groups in total. The van der Waals surface area contributed by atoms with E-state index in [0.717, 1.165) is 24.1 Å². The number of aryl methyl sites for hydroxylation is 1. The molecular formula is C17H25FN2O2. The first-order valence-corrected chi connectivity index (χ1v) is 7.77. The zero-order valence-corrected chi connectivity index (χ0v) is 13.7. The van der Waals surface area contributed by atoms with Gasteiger partial charge in [-0.2, -0.15) is 0 Å². The second kappa shape index (κ2) is 6.65. The summed E-state index contributed by atoms with van der Waals surface area (Å²) in [4.78, 5) is 15.3. The predicted molar refractivity (Wildman–Crippen MR) is 84.5 cm³/mol. The number of amides is 1. The number of halogens is 1. The number of hydrogen-bond acceptors (Lipinski definition) is 2. The molecule has 1 fully saturated rings. The number of carbonyl (C=O) groups is 1. The maximum atomic E-state index is 13.4. The van der Waals surface area contributed by atoms with Gasteiger partial charge in [-0.05, 0) is 63.4 Å². The summed E-state index contributed by atoms with van der Waals surface area (Å²) in [6.07, 6.45) is -0.0615. The molecule has 2 rings (SSSR count). The van der Waals surface area contributed by atoms with E-state index in [4.69, 9.17) is 0 Å². The fourth-order valence-electron chi connectivity index (χ4n) is 3.24. The van der Waals surface area contributed by atoms with Gasteiger partial charge in [0.1, 0.15) is 5.82 Å². The van der Waals surface area contributed by atoms with Crippen molar-refractivity contribution < 1.29 is 14.3 Å². The minimum absolute atomic E-state index is 0.195. The average molecular weight is 308 g/mol. The van der Waals surface area contributed by atoms with Gasteiger partial charge < -0.3 is 14.9 Å². The van der Waals surface area contributed by atoms with Gasteiger partial charge in [-0.25, -0.2) is 9.18 Å². The van der Waals surface area contributed by atoms with E-state index in [9.17, 15) is 14.3 Å². The third-order valence-corrected chi connectivity index (χ3v) is 4.72. The quantitative estimate of drug-likeness (QED) is 0.925. The van der Waals surface area contributed by atoms with Crippen LogP contribution < -0.4 is 0 Å². The highest BCUT2D eigenvalue weighted by atomic mass is 19.1. The Labute approximate surface area is 131 Å². The average Bonchev–Trinajstić information content (AvgIpc) is 2.82. The van der Waals surface area contributed by atoms with Crippen molar-refractivity contribution in [3.05, 3.63) is 35.1 Å². The summed E-state index contributed by atoms with van der Waals surface area (Å²) in [5.41, 5.74) is 1.74. The summed E-state index contributed by atoms with van der Waals surface area (Å²) in [5, 5.41) is 9.49. The van der Waals surface area contributed by atoms with Crippen LogP contribution in [-0.2, 0) is 0 Å². The first-order valence-electron chi connectivity index (χ1n) is 7.77. The highest BCUT2D eigenvalue weighted by Gasteiger charge is 2.39. The summed E-state index contributed by atoms with van der Waals surface area (Å²) < 4.78 is 13.4. The van der Waals surface area contributed by atoms with E-state index in [1.54, 1.807) is 6.07 Å². The van der Waals surface area contributed by atoms with Gasteiger partial charge in [0.2, 0.25) is 0 Å². The molecule has 0 bridgehead atoms. The van der Waals surface area contributed by atoms with E-state index in [2.05, 4.69) is 25.8 Å². The molecule has 1 aliphatic rings. The van der Waals surface area contributed by atoms with Crippen molar-refractivity contribution in [2.45, 2.75) is 39.3 Å². The van der Waals surface area contributed by atoms with Gasteiger partial charge in [0.15, 0.2) is 0 Å². The Morgan fingerprint density at radius 2 is 2.18 bits per heavy atom. The maximum absolute atomic E-state index is 13.4. The van der Waals surface area contributed by atoms with Crippen LogP contribution in [0, 0.1) is 18.7 Å². The molecular weight excluding hydrogens is 283 g/mol. The van der Waals surface area contributed by atoms with E-state index < -0.39 is 6.09 Å². The summed E-state index contributed by atoms with van der Waals surface area (Å²) in [6.45, 7) is 7.47. The van der Waals surface area contributed by atoms with E-state index in [1.165, 1.54) is 17.0 Å². The third kappa shape index (κ3) is 3.40. The van der Waals surface area contributed by atoms with Gasteiger partial charge in [-0.15, -0.1) is 0 Å². The standard InChI is InChI=1S/C17H25FN2O2/c1-11(2)19(4)10-13-7-8-20(17(21)22)16(13)15-6-5-14(18)9-12(15)3/h5-6,9,11,13,16H,7-8,10H2,1-4H3,(H,21,22). The highest BCUT2D eigenvalue weighted by molar-refractivity contribution is 5.66. The first kappa shape index (κ1) is 16.7. The Bertz CT molecular complexity index is 547. The van der Waals surface area contributed by atoms with Crippen LogP contribution in [0.2, 0.25) is 0 Å². The lowest BCUT2D eigenvalue weighted by Crippen LogP contribution is -2.36. The molecule has 1 aromatic carbocycles. The lowest BCUT2D eigenvalue weighted by molar-refractivity contribution is 0.127. The zero-order chi connectivity index (χ0) is 16.4. The van der Waals surface area contributed by atoms with Crippen LogP contribution in [0.4, 0.5) is 9.18 Å². The molecule has 1 saturated heterocycles. The van der Waals surface area contributed by atoms with E-state index in [-0.39, 0.29) is 17.8 Å². The molecule has 1 aliphatic heterocycles. The molecule has 22 heavy (non-hydrogen) atoms. The van der Waals surface area contributed by atoms with Gasteiger partial charge >= 0.3 is 6.09 Å². The first-order chi connectivity index (χ1) is 10.3. The lowest BCUT2D eigenvalue weighted by atomic mass is 9.90. The lowest BCUT2D eigenvalue weighted by Gasteiger charge is -2.31. The molecule has 2 atom stereocenters. The SMILES string of the molecule is Cc1cc(F)ccc1C1C(CN(C)C(C)C)CCN1C(=O)O. The number of hydrogen-bond donors (Lipinski definition) is 1. The van der Waals surface area contributed by atoms with Crippen LogP contribution in [0.25, 0.3) is 0 Å². The molecule has 0 aromatic heterocycles. The van der Waals surface area contributed by atoms with Crippen LogP contribution in [0.5, 0.6) is 0 Å². The molecule has 1 heterocycles. The monoisotopic (exact) mass is 308 g/mol. The summed E-state index contributed by atoms with van der Waals surface area (Å²) in [6, 6.07) is 4.85. The van der Waals surface area contributed by atoms with Crippen LogP contribution >= 0.6 is 0 Å². The van der Waals surface area contributed by atoms with Crippen molar-refractivity contribution in [3.63, 3.8) is 0 Å². The van der Waals surface area contributed by atoms with E-state index in [1.807, 2.05) is 6.92 Å². The Balaban J connectivity index is 2.32. The number of carboxylic acid groups (broad SMARTS) is 1. The summed E-state index contributed by atoms with van der Waals surface area (Å²) in [7, 11) is 2.06. The van der Waals surface area contributed by atoms with Crippen LogP contribution in [-0.4, -0.2) is 47.2 Å². The van der Waals surface area contributed by atoms with Gasteiger partial charge in [0.25, 0.3) is 0 Å². The molecule has 122 valence electrons. The molecule has 0 aliphatic carbocycles. The number of rotatable bonds is 4. The van der Waals surface area contributed by atoms with Crippen LogP contribution in [0.3, 0.4) is 0 Å². The molecule has 0 radical (unpaired) electrons. The second-order valence-corrected chi connectivity index (χ2v) is 6.50. The minimum Gasteiger partial charge on any atom is -0.465 e. The topological polar surface area (TPSA) is 43.8 Å². The second-order valence-electron chi connectivity index (χ2n) is 6.50. The van der Waals surface area contributed by atoms with Crippen molar-refractivity contribution >= 4 is 6.09 Å². The Kier molecular flexibility index (Phi) is 5.06. The molecule has 2 unspecified atom stereocenters. The summed E-state index contributed by atoms with van der Waals surface area (Å²) in [5.74, 6) is -0.0513. The van der Waals surface area contributed by atoms with Gasteiger partial charge in [0.05, 0.1) is 6.04 Å². The van der Waals surface area contributed by atoms with Gasteiger partial charge in [-0.1, -0.05) is 6.07 Å². The Hall–Kier alpha value is -1.62. The molecule has 5 heteroatoms. The number of likely N-dealkylation sites (tertiary alicyclic amines) is 1. The smallest absolute Gasteiger partial charge is 0.407 e. The van der Waals surface area contributed by atoms with Crippen LogP contribution in [0.1, 0.15) is 37.4 Å². The molecule has 0 saturated carbocycles. The van der Waals surface area contributed by atoms with E-state index >= 15 is 0 Å². The van der Waals surface area contributed by atoms with Crippen LogP contribution in [0.15, 0.2) is 18.2 Å². The zero-order valence-electron chi connectivity index (χ0n) is 13.7. The number of nitrogens with zero attached hydrogens (tertiary/aromatic N) is 2. The Morgan fingerprint density at radius 1 is 1.50 bits per heavy atom. The third-order valence-electron chi connectivity index (χ3n) is 4.72.